The first-order chi connectivity index (χ1) is 10.0. The smallest absolute Gasteiger partial charge is 0.0438 e. The first-order valence-corrected chi connectivity index (χ1v) is 8.43. The van der Waals surface area contributed by atoms with Gasteiger partial charge >= 0.3 is 0 Å². The normalized spacial score (nSPS) is 12.4. The van der Waals surface area contributed by atoms with Crippen molar-refractivity contribution in [2.24, 2.45) is 0 Å². The number of halogens is 2. The second-order valence-corrected chi connectivity index (χ2v) is 6.57. The molecule has 2 aromatic rings. The molecule has 21 heavy (non-hydrogen) atoms. The predicted octanol–water partition coefficient (Wildman–Crippen LogP) is 5.61. The van der Waals surface area contributed by atoms with Crippen molar-refractivity contribution in [1.82, 2.24) is 5.32 Å². The van der Waals surface area contributed by atoms with Crippen molar-refractivity contribution in [2.45, 2.75) is 33.2 Å². The molecule has 1 nitrogen and oxygen atoms in total. The van der Waals surface area contributed by atoms with E-state index in [0.29, 0.717) is 0 Å². The van der Waals surface area contributed by atoms with Gasteiger partial charge in [-0.25, -0.2) is 0 Å². The molecule has 0 aliphatic rings. The Balaban J connectivity index is 2.33. The summed E-state index contributed by atoms with van der Waals surface area (Å²) >= 11 is 9.95. The summed E-state index contributed by atoms with van der Waals surface area (Å²) in [5.41, 5.74) is 5.04. The summed E-state index contributed by atoms with van der Waals surface area (Å²) in [7, 11) is 0. The van der Waals surface area contributed by atoms with Gasteiger partial charge in [0.1, 0.15) is 0 Å². The van der Waals surface area contributed by atoms with Crippen LogP contribution >= 0.6 is 27.5 Å². The van der Waals surface area contributed by atoms with E-state index in [1.165, 1.54) is 26.7 Å². The summed E-state index contributed by atoms with van der Waals surface area (Å²) in [6.45, 7) is 7.35. The molecule has 112 valence electrons. The van der Waals surface area contributed by atoms with Crippen LogP contribution in [0.15, 0.2) is 40.9 Å². The quantitative estimate of drug-likeness (QED) is 0.725. The van der Waals surface area contributed by atoms with Crippen LogP contribution < -0.4 is 5.32 Å². The van der Waals surface area contributed by atoms with Crippen LogP contribution in [0, 0.1) is 13.8 Å². The van der Waals surface area contributed by atoms with Gasteiger partial charge < -0.3 is 5.32 Å². The van der Waals surface area contributed by atoms with Crippen LogP contribution in [0.5, 0.6) is 0 Å². The Hall–Kier alpha value is -0.830. The molecule has 1 atom stereocenters. The maximum atomic E-state index is 6.31. The Bertz CT molecular complexity index is 601. The van der Waals surface area contributed by atoms with Gasteiger partial charge in [-0.15, -0.1) is 0 Å². The minimum absolute atomic E-state index is 0.278. The third kappa shape index (κ3) is 4.09. The molecule has 0 saturated carbocycles. The number of aryl methyl sites for hydroxylation is 2. The van der Waals surface area contributed by atoms with Crippen molar-refractivity contribution < 1.29 is 0 Å². The Morgan fingerprint density at radius 1 is 1.14 bits per heavy atom. The maximum absolute atomic E-state index is 6.31. The molecule has 0 radical (unpaired) electrons. The number of hydrogen-bond donors (Lipinski definition) is 1. The van der Waals surface area contributed by atoms with Crippen LogP contribution in [-0.2, 0) is 6.42 Å². The molecule has 0 aliphatic heterocycles. The minimum Gasteiger partial charge on any atom is -0.310 e. The Morgan fingerprint density at radius 3 is 2.33 bits per heavy atom. The number of rotatable bonds is 5. The first kappa shape index (κ1) is 16.5. The van der Waals surface area contributed by atoms with Crippen LogP contribution in [0.1, 0.15) is 35.2 Å². The molecule has 0 amide bonds. The average molecular weight is 367 g/mol. The molecule has 0 bridgehead atoms. The molecule has 0 aliphatic carbocycles. The maximum Gasteiger partial charge on any atom is 0.0438 e. The van der Waals surface area contributed by atoms with Gasteiger partial charge in [0, 0.05) is 15.5 Å². The third-order valence-corrected chi connectivity index (χ3v) is 5.31. The average Bonchev–Trinajstić information content (AvgIpc) is 2.46. The van der Waals surface area contributed by atoms with Crippen LogP contribution in [0.3, 0.4) is 0 Å². The lowest BCUT2D eigenvalue weighted by molar-refractivity contribution is 0.549. The lowest BCUT2D eigenvalue weighted by Gasteiger charge is -2.21. The lowest BCUT2D eigenvalue weighted by Crippen LogP contribution is -2.23. The zero-order chi connectivity index (χ0) is 15.4. The Kier molecular flexibility index (Phi) is 5.86. The molecule has 0 heterocycles. The molecule has 0 spiro atoms. The van der Waals surface area contributed by atoms with Gasteiger partial charge in [0.15, 0.2) is 0 Å². The number of hydrogen-bond acceptors (Lipinski definition) is 1. The standard InChI is InChI=1S/C18H21BrClN/c1-4-21-17(11-14-7-5-6-8-16(14)20)15-9-12(2)18(19)13(3)10-15/h5-10,17,21H,4,11H2,1-3H3. The molecule has 1 unspecified atom stereocenters. The SMILES string of the molecule is CCNC(Cc1ccccc1Cl)c1cc(C)c(Br)c(C)c1. The minimum atomic E-state index is 0.278. The van der Waals surface area contributed by atoms with E-state index in [0.717, 1.165) is 18.0 Å². The van der Waals surface area contributed by atoms with Crippen molar-refractivity contribution in [3.05, 3.63) is 68.1 Å². The highest BCUT2D eigenvalue weighted by atomic mass is 79.9. The van der Waals surface area contributed by atoms with Crippen molar-refractivity contribution >= 4 is 27.5 Å². The number of nitrogens with one attached hydrogen (secondary N) is 1. The van der Waals surface area contributed by atoms with Gasteiger partial charge in [-0.05, 0) is 55.1 Å². The van der Waals surface area contributed by atoms with Gasteiger partial charge in [0.05, 0.1) is 0 Å². The predicted molar refractivity (Wildman–Crippen MR) is 95.2 cm³/mol. The van der Waals surface area contributed by atoms with Gasteiger partial charge in [-0.3, -0.25) is 0 Å². The number of benzene rings is 2. The molecule has 2 rings (SSSR count). The zero-order valence-electron chi connectivity index (χ0n) is 12.7. The van der Waals surface area contributed by atoms with Gasteiger partial charge in [0.2, 0.25) is 0 Å². The van der Waals surface area contributed by atoms with Crippen molar-refractivity contribution in [1.29, 1.82) is 0 Å². The molecule has 3 heteroatoms. The molecule has 1 N–H and O–H groups in total. The molecular weight excluding hydrogens is 346 g/mol. The van der Waals surface area contributed by atoms with E-state index >= 15 is 0 Å². The van der Waals surface area contributed by atoms with Crippen LogP contribution in [0.2, 0.25) is 5.02 Å². The lowest BCUT2D eigenvalue weighted by atomic mass is 9.96. The van der Waals surface area contributed by atoms with Crippen molar-refractivity contribution in [2.75, 3.05) is 6.54 Å². The van der Waals surface area contributed by atoms with E-state index < -0.39 is 0 Å². The fourth-order valence-electron chi connectivity index (χ4n) is 2.62. The van der Waals surface area contributed by atoms with E-state index in [9.17, 15) is 0 Å². The Labute approximate surface area is 140 Å². The van der Waals surface area contributed by atoms with Crippen molar-refractivity contribution in [3.8, 4) is 0 Å². The summed E-state index contributed by atoms with van der Waals surface area (Å²) in [4.78, 5) is 0. The molecule has 2 aromatic carbocycles. The highest BCUT2D eigenvalue weighted by molar-refractivity contribution is 9.10. The topological polar surface area (TPSA) is 12.0 Å². The highest BCUT2D eigenvalue weighted by Gasteiger charge is 2.15. The van der Waals surface area contributed by atoms with E-state index in [4.69, 9.17) is 11.6 Å². The largest absolute Gasteiger partial charge is 0.310 e. The number of likely N-dealkylation sites (N-methyl/N-ethyl adjacent to an activating group) is 1. The monoisotopic (exact) mass is 365 g/mol. The van der Waals surface area contributed by atoms with E-state index in [-0.39, 0.29) is 6.04 Å². The van der Waals surface area contributed by atoms with E-state index in [1.807, 2.05) is 18.2 Å². The third-order valence-electron chi connectivity index (χ3n) is 3.69. The van der Waals surface area contributed by atoms with E-state index in [2.05, 4.69) is 60.2 Å². The van der Waals surface area contributed by atoms with Crippen LogP contribution in [0.25, 0.3) is 0 Å². The summed E-state index contributed by atoms with van der Waals surface area (Å²) in [6.07, 6.45) is 0.897. The molecular formula is C18H21BrClN. The van der Waals surface area contributed by atoms with E-state index in [1.54, 1.807) is 0 Å². The fourth-order valence-corrected chi connectivity index (χ4v) is 3.06. The van der Waals surface area contributed by atoms with Gasteiger partial charge in [-0.2, -0.15) is 0 Å². The Morgan fingerprint density at radius 2 is 1.76 bits per heavy atom. The van der Waals surface area contributed by atoms with Crippen LogP contribution in [0.4, 0.5) is 0 Å². The zero-order valence-corrected chi connectivity index (χ0v) is 15.1. The highest BCUT2D eigenvalue weighted by Crippen LogP contribution is 2.28. The molecule has 0 aromatic heterocycles. The first-order valence-electron chi connectivity index (χ1n) is 7.26. The summed E-state index contributed by atoms with van der Waals surface area (Å²) < 4.78 is 1.19. The second-order valence-electron chi connectivity index (χ2n) is 5.37. The summed E-state index contributed by atoms with van der Waals surface area (Å²) in [5, 5.41) is 4.41. The summed E-state index contributed by atoms with van der Waals surface area (Å²) in [6, 6.07) is 12.9. The fraction of sp³-hybridized carbons (Fsp3) is 0.333. The molecule has 0 saturated heterocycles. The second kappa shape index (κ2) is 7.44. The summed E-state index contributed by atoms with van der Waals surface area (Å²) in [5.74, 6) is 0. The van der Waals surface area contributed by atoms with Gasteiger partial charge in [0.25, 0.3) is 0 Å². The van der Waals surface area contributed by atoms with Crippen LogP contribution in [-0.4, -0.2) is 6.54 Å². The van der Waals surface area contributed by atoms with Crippen molar-refractivity contribution in [3.63, 3.8) is 0 Å². The molecule has 0 fully saturated rings. The van der Waals surface area contributed by atoms with Gasteiger partial charge in [-0.1, -0.05) is 64.8 Å².